The van der Waals surface area contributed by atoms with E-state index in [0.29, 0.717) is 0 Å². The molecular weight excluding hydrogens is 232 g/mol. The third kappa shape index (κ3) is 3.80. The van der Waals surface area contributed by atoms with Crippen LogP contribution < -0.4 is 0 Å². The van der Waals surface area contributed by atoms with Crippen molar-refractivity contribution < 1.29 is 4.79 Å². The summed E-state index contributed by atoms with van der Waals surface area (Å²) in [6.45, 7) is 4.27. The van der Waals surface area contributed by atoms with Crippen LogP contribution in [-0.2, 0) is 7.05 Å². The van der Waals surface area contributed by atoms with Gasteiger partial charge in [0.1, 0.15) is 5.69 Å². The van der Waals surface area contributed by atoms with E-state index >= 15 is 0 Å². The second kappa shape index (κ2) is 6.74. The van der Waals surface area contributed by atoms with E-state index in [4.69, 9.17) is 0 Å². The molecule has 0 aliphatic rings. The molecule has 0 radical (unpaired) electrons. The molecule has 1 amide bonds. The smallest absolute Gasteiger partial charge is 0.270 e. The number of carbonyl (C=O) groups excluding carboxylic acids is 1. The van der Waals surface area contributed by atoms with Gasteiger partial charge in [-0.15, -0.1) is 0 Å². The van der Waals surface area contributed by atoms with Crippen LogP contribution in [0.1, 0.15) is 30.8 Å². The monoisotopic (exact) mass is 254 g/mol. The van der Waals surface area contributed by atoms with Gasteiger partial charge in [-0.1, -0.05) is 6.92 Å². The van der Waals surface area contributed by atoms with E-state index in [1.807, 2.05) is 53.7 Å². The van der Waals surface area contributed by atoms with Crippen LogP contribution in [0.25, 0.3) is 0 Å². The predicted octanol–water partition coefficient (Wildman–Crippen LogP) is 2.63. The molecule has 0 saturated heterocycles. The molecule has 0 fully saturated rings. The van der Waals surface area contributed by atoms with Gasteiger partial charge in [0.25, 0.3) is 5.91 Å². The molecule has 1 unspecified atom stereocenters. The Morgan fingerprint density at radius 2 is 2.29 bits per heavy atom. The van der Waals surface area contributed by atoms with Gasteiger partial charge < -0.3 is 9.47 Å². The number of thioether (sulfide) groups is 1. The third-order valence-electron chi connectivity index (χ3n) is 3.03. The van der Waals surface area contributed by atoms with E-state index in [0.717, 1.165) is 23.6 Å². The van der Waals surface area contributed by atoms with Crippen LogP contribution >= 0.6 is 11.8 Å². The molecule has 1 rings (SSSR count). The summed E-state index contributed by atoms with van der Waals surface area (Å²) in [5.74, 6) is 2.36. The van der Waals surface area contributed by atoms with Crippen LogP contribution in [0, 0.1) is 0 Å². The first-order chi connectivity index (χ1) is 8.07. The van der Waals surface area contributed by atoms with Crippen LogP contribution in [0.2, 0.25) is 0 Å². The maximum atomic E-state index is 12.2. The average Bonchev–Trinajstić information content (AvgIpc) is 2.73. The lowest BCUT2D eigenvalue weighted by atomic mass is 10.2. The quantitative estimate of drug-likeness (QED) is 0.729. The zero-order chi connectivity index (χ0) is 12.8. The van der Waals surface area contributed by atoms with Crippen LogP contribution in [0.3, 0.4) is 0 Å². The molecule has 1 aromatic heterocycles. The molecule has 0 N–H and O–H groups in total. The molecule has 0 aromatic carbocycles. The van der Waals surface area contributed by atoms with Crippen LogP contribution in [0.15, 0.2) is 18.3 Å². The Hall–Kier alpha value is -0.900. The number of carbonyl (C=O) groups is 1. The number of hydrogen-bond donors (Lipinski definition) is 0. The van der Waals surface area contributed by atoms with Crippen molar-refractivity contribution in [1.29, 1.82) is 0 Å². The molecule has 4 heteroatoms. The van der Waals surface area contributed by atoms with Gasteiger partial charge in [0.15, 0.2) is 0 Å². The normalized spacial score (nSPS) is 12.5. The second-order valence-corrected chi connectivity index (χ2v) is 5.65. The van der Waals surface area contributed by atoms with Crippen molar-refractivity contribution in [2.24, 2.45) is 7.05 Å². The van der Waals surface area contributed by atoms with Crippen molar-refractivity contribution in [2.45, 2.75) is 26.3 Å². The van der Waals surface area contributed by atoms with Gasteiger partial charge in [-0.05, 0) is 37.0 Å². The Labute approximate surface area is 108 Å². The van der Waals surface area contributed by atoms with E-state index in [1.165, 1.54) is 0 Å². The van der Waals surface area contributed by atoms with E-state index < -0.39 is 0 Å². The number of hydrogen-bond acceptors (Lipinski definition) is 2. The molecule has 1 aromatic rings. The minimum absolute atomic E-state index is 0.103. The summed E-state index contributed by atoms with van der Waals surface area (Å²) < 4.78 is 1.87. The maximum absolute atomic E-state index is 12.2. The highest BCUT2D eigenvalue weighted by molar-refractivity contribution is 7.99. The first kappa shape index (κ1) is 14.2. The highest BCUT2D eigenvalue weighted by atomic mass is 32.2. The third-order valence-corrected chi connectivity index (χ3v) is 3.96. The molecule has 0 bridgehead atoms. The van der Waals surface area contributed by atoms with E-state index in [9.17, 15) is 4.79 Å². The summed E-state index contributed by atoms with van der Waals surface area (Å²) in [6.07, 6.45) is 2.95. The Bertz CT molecular complexity index is 362. The van der Waals surface area contributed by atoms with Gasteiger partial charge in [-0.25, -0.2) is 0 Å². The summed E-state index contributed by atoms with van der Waals surface area (Å²) in [5, 5.41) is 0. The number of rotatable bonds is 6. The predicted molar refractivity (Wildman–Crippen MR) is 74.6 cm³/mol. The molecule has 1 atom stereocenters. The molecule has 0 aliphatic carbocycles. The number of nitrogens with zero attached hydrogens (tertiary/aromatic N) is 2. The van der Waals surface area contributed by atoms with Crippen molar-refractivity contribution in [3.63, 3.8) is 0 Å². The molecule has 0 saturated carbocycles. The summed E-state index contributed by atoms with van der Waals surface area (Å²) in [4.78, 5) is 14.0. The molecular formula is C13H22N2OS. The van der Waals surface area contributed by atoms with Crippen molar-refractivity contribution in [1.82, 2.24) is 9.47 Å². The van der Waals surface area contributed by atoms with Gasteiger partial charge in [-0.3, -0.25) is 4.79 Å². The van der Waals surface area contributed by atoms with Crippen molar-refractivity contribution >= 4 is 17.7 Å². The van der Waals surface area contributed by atoms with Crippen LogP contribution in [-0.4, -0.2) is 40.0 Å². The van der Waals surface area contributed by atoms with Gasteiger partial charge >= 0.3 is 0 Å². The maximum Gasteiger partial charge on any atom is 0.270 e. The van der Waals surface area contributed by atoms with Crippen LogP contribution in [0.5, 0.6) is 0 Å². The van der Waals surface area contributed by atoms with Crippen molar-refractivity contribution in [2.75, 3.05) is 18.6 Å². The largest absolute Gasteiger partial charge is 0.347 e. The molecule has 17 heavy (non-hydrogen) atoms. The van der Waals surface area contributed by atoms with Gasteiger partial charge in [-0.2, -0.15) is 11.8 Å². The van der Waals surface area contributed by atoms with Crippen molar-refractivity contribution in [3.05, 3.63) is 24.0 Å². The van der Waals surface area contributed by atoms with E-state index in [2.05, 4.69) is 13.8 Å². The van der Waals surface area contributed by atoms with Crippen LogP contribution in [0.4, 0.5) is 0 Å². The van der Waals surface area contributed by atoms with E-state index in [1.54, 1.807) is 0 Å². The minimum Gasteiger partial charge on any atom is -0.347 e. The molecule has 1 heterocycles. The Morgan fingerprint density at radius 3 is 2.82 bits per heavy atom. The van der Waals surface area contributed by atoms with Gasteiger partial charge in [0.05, 0.1) is 0 Å². The number of amides is 1. The second-order valence-electron chi connectivity index (χ2n) is 4.26. The summed E-state index contributed by atoms with van der Waals surface area (Å²) in [6, 6.07) is 4.06. The summed E-state index contributed by atoms with van der Waals surface area (Å²) >= 11 is 1.92. The lowest BCUT2D eigenvalue weighted by molar-refractivity contribution is 0.0732. The molecule has 0 spiro atoms. The highest BCUT2D eigenvalue weighted by Crippen LogP contribution is 2.11. The SMILES string of the molecule is CCSCCC(C)N(C)C(=O)c1cccn1C. The molecule has 3 nitrogen and oxygen atoms in total. The fourth-order valence-electron chi connectivity index (χ4n) is 1.66. The zero-order valence-corrected chi connectivity index (χ0v) is 12.0. The van der Waals surface area contributed by atoms with Gasteiger partial charge in [0.2, 0.25) is 0 Å². The Kier molecular flexibility index (Phi) is 5.62. The number of aryl methyl sites for hydroxylation is 1. The first-order valence-electron chi connectivity index (χ1n) is 6.04. The standard InChI is InChI=1S/C13H22N2OS/c1-5-17-10-8-11(2)15(4)13(16)12-7-6-9-14(12)3/h6-7,9,11H,5,8,10H2,1-4H3. The average molecular weight is 254 g/mol. The Morgan fingerprint density at radius 1 is 1.59 bits per heavy atom. The fraction of sp³-hybridized carbons (Fsp3) is 0.615. The lowest BCUT2D eigenvalue weighted by Gasteiger charge is -2.25. The fourth-order valence-corrected chi connectivity index (χ4v) is 2.45. The number of aromatic nitrogens is 1. The van der Waals surface area contributed by atoms with Crippen molar-refractivity contribution in [3.8, 4) is 0 Å². The molecule has 96 valence electrons. The lowest BCUT2D eigenvalue weighted by Crippen LogP contribution is -2.36. The molecule has 0 aliphatic heterocycles. The summed E-state index contributed by atoms with van der Waals surface area (Å²) in [5.41, 5.74) is 0.752. The van der Waals surface area contributed by atoms with Gasteiger partial charge in [0, 0.05) is 26.3 Å². The highest BCUT2D eigenvalue weighted by Gasteiger charge is 2.18. The minimum atomic E-state index is 0.103. The Balaban J connectivity index is 2.54. The zero-order valence-electron chi connectivity index (χ0n) is 11.1. The summed E-state index contributed by atoms with van der Waals surface area (Å²) in [7, 11) is 3.79. The first-order valence-corrected chi connectivity index (χ1v) is 7.19. The topological polar surface area (TPSA) is 25.2 Å². The van der Waals surface area contributed by atoms with E-state index in [-0.39, 0.29) is 11.9 Å².